The Hall–Kier alpha value is -3.07. The lowest BCUT2D eigenvalue weighted by Crippen LogP contribution is -2.37. The van der Waals surface area contributed by atoms with Crippen LogP contribution in [0.4, 0.5) is 5.82 Å². The first kappa shape index (κ1) is 20.2. The monoisotopic (exact) mass is 425 g/mol. The zero-order chi connectivity index (χ0) is 21.5. The molecule has 0 saturated carbocycles. The summed E-state index contributed by atoms with van der Waals surface area (Å²) in [5.74, 6) is 0.167. The van der Waals surface area contributed by atoms with E-state index in [2.05, 4.69) is 15.4 Å². The minimum atomic E-state index is -0.411. The fourth-order valence-corrected chi connectivity index (χ4v) is 4.31. The quantitative estimate of drug-likeness (QED) is 0.628. The molecule has 0 aliphatic carbocycles. The molecular formula is C21H23N5O3S. The van der Waals surface area contributed by atoms with Crippen LogP contribution in [0.2, 0.25) is 0 Å². The molecule has 30 heavy (non-hydrogen) atoms. The largest absolute Gasteiger partial charge is 0.311 e. The summed E-state index contributed by atoms with van der Waals surface area (Å²) in [6.07, 6.45) is 0. The van der Waals surface area contributed by atoms with Crippen LogP contribution >= 0.6 is 11.8 Å². The Morgan fingerprint density at radius 3 is 2.60 bits per heavy atom. The molecule has 0 bridgehead atoms. The van der Waals surface area contributed by atoms with E-state index in [1.54, 1.807) is 22.8 Å². The van der Waals surface area contributed by atoms with Gasteiger partial charge in [0, 0.05) is 29.8 Å². The maximum absolute atomic E-state index is 12.8. The zero-order valence-corrected chi connectivity index (χ0v) is 17.8. The highest BCUT2D eigenvalue weighted by atomic mass is 32.2. The number of carbonyl (C=O) groups excluding carboxylic acids is 1. The Bertz CT molecular complexity index is 1200. The van der Waals surface area contributed by atoms with Crippen molar-refractivity contribution in [1.29, 1.82) is 0 Å². The smallest absolute Gasteiger partial charge is 0.273 e. The standard InChI is InChI=1S/C21H23N5O3S/c1-21(2,3)15-9-17(27)25-11-13(12-30-20(25)22-15)19(29)23-16-10-18(28)26(24-16)14-7-5-4-6-8-14/h4-10,13,24H,11-12H2,1-3H3,(H,23,29). The maximum Gasteiger partial charge on any atom is 0.273 e. The summed E-state index contributed by atoms with van der Waals surface area (Å²) in [4.78, 5) is 42.2. The highest BCUT2D eigenvalue weighted by molar-refractivity contribution is 7.99. The van der Waals surface area contributed by atoms with Crippen molar-refractivity contribution in [1.82, 2.24) is 19.3 Å². The van der Waals surface area contributed by atoms with E-state index < -0.39 is 5.92 Å². The minimum Gasteiger partial charge on any atom is -0.311 e. The van der Waals surface area contributed by atoms with E-state index in [0.29, 0.717) is 22.4 Å². The van der Waals surface area contributed by atoms with Gasteiger partial charge in [0.25, 0.3) is 11.1 Å². The molecule has 1 atom stereocenters. The van der Waals surface area contributed by atoms with Crippen molar-refractivity contribution in [2.24, 2.45) is 5.92 Å². The number of anilines is 1. The average Bonchev–Trinajstić information content (AvgIpc) is 3.07. The maximum atomic E-state index is 12.8. The number of H-pyrrole nitrogens is 1. The SMILES string of the molecule is CC(C)(C)c1cc(=O)n2c(n1)SCC(C(=O)Nc1cc(=O)n(-c3ccccc3)[nH]1)C2. The van der Waals surface area contributed by atoms with Crippen molar-refractivity contribution in [3.63, 3.8) is 0 Å². The number of rotatable bonds is 3. The van der Waals surface area contributed by atoms with Gasteiger partial charge in [-0.2, -0.15) is 0 Å². The van der Waals surface area contributed by atoms with Crippen LogP contribution in [0.3, 0.4) is 0 Å². The van der Waals surface area contributed by atoms with Gasteiger partial charge < -0.3 is 5.32 Å². The van der Waals surface area contributed by atoms with E-state index in [1.807, 2.05) is 39.0 Å². The molecule has 0 spiro atoms. The molecular weight excluding hydrogens is 402 g/mol. The van der Waals surface area contributed by atoms with Gasteiger partial charge in [0.15, 0.2) is 5.16 Å². The molecule has 9 heteroatoms. The molecule has 3 heterocycles. The summed E-state index contributed by atoms with van der Waals surface area (Å²) in [6.45, 7) is 6.29. The first-order valence-electron chi connectivity index (χ1n) is 9.66. The summed E-state index contributed by atoms with van der Waals surface area (Å²) in [5, 5.41) is 6.31. The number of benzene rings is 1. The fraction of sp³-hybridized carbons (Fsp3) is 0.333. The van der Waals surface area contributed by atoms with Gasteiger partial charge in [0.05, 0.1) is 17.3 Å². The lowest BCUT2D eigenvalue weighted by atomic mass is 9.92. The number of amides is 1. The van der Waals surface area contributed by atoms with Crippen molar-refractivity contribution in [3.05, 3.63) is 68.9 Å². The molecule has 3 aromatic rings. The Morgan fingerprint density at radius 2 is 1.90 bits per heavy atom. The number of aromatic amines is 1. The second kappa shape index (κ2) is 7.64. The molecule has 1 aliphatic rings. The number of nitrogens with zero attached hydrogens (tertiary/aromatic N) is 3. The molecule has 0 saturated heterocycles. The summed E-state index contributed by atoms with van der Waals surface area (Å²) < 4.78 is 2.91. The second-order valence-corrected chi connectivity index (χ2v) is 9.29. The average molecular weight is 426 g/mol. The highest BCUT2D eigenvalue weighted by Crippen LogP contribution is 2.28. The van der Waals surface area contributed by atoms with Crippen molar-refractivity contribution >= 4 is 23.5 Å². The number of para-hydroxylation sites is 1. The van der Waals surface area contributed by atoms with E-state index in [9.17, 15) is 14.4 Å². The van der Waals surface area contributed by atoms with Gasteiger partial charge in [0.1, 0.15) is 5.82 Å². The van der Waals surface area contributed by atoms with E-state index in [1.165, 1.54) is 22.5 Å². The van der Waals surface area contributed by atoms with Crippen LogP contribution < -0.4 is 16.4 Å². The van der Waals surface area contributed by atoms with Crippen LogP contribution in [0.5, 0.6) is 0 Å². The number of nitrogens with one attached hydrogen (secondary N) is 2. The van der Waals surface area contributed by atoms with E-state index in [-0.39, 0.29) is 29.0 Å². The number of thioether (sulfide) groups is 1. The van der Waals surface area contributed by atoms with Crippen molar-refractivity contribution < 1.29 is 4.79 Å². The van der Waals surface area contributed by atoms with E-state index >= 15 is 0 Å². The molecule has 4 rings (SSSR count). The molecule has 1 amide bonds. The molecule has 1 aliphatic heterocycles. The Kier molecular flexibility index (Phi) is 5.15. The molecule has 1 unspecified atom stereocenters. The summed E-state index contributed by atoms with van der Waals surface area (Å²) in [5.41, 5.74) is 0.779. The molecule has 2 N–H and O–H groups in total. The van der Waals surface area contributed by atoms with Crippen LogP contribution in [0.15, 0.2) is 57.2 Å². The molecule has 0 fully saturated rings. The molecule has 1 aromatic carbocycles. The van der Waals surface area contributed by atoms with Crippen LogP contribution in [-0.4, -0.2) is 31.0 Å². The molecule has 156 valence electrons. The number of hydrogen-bond donors (Lipinski definition) is 2. The van der Waals surface area contributed by atoms with Gasteiger partial charge in [0.2, 0.25) is 5.91 Å². The van der Waals surface area contributed by atoms with Crippen LogP contribution in [0.25, 0.3) is 5.69 Å². The zero-order valence-electron chi connectivity index (χ0n) is 17.0. The van der Waals surface area contributed by atoms with Crippen LogP contribution in [0.1, 0.15) is 26.5 Å². The number of hydrogen-bond acceptors (Lipinski definition) is 5. The fourth-order valence-electron chi connectivity index (χ4n) is 3.22. The lowest BCUT2D eigenvalue weighted by molar-refractivity contribution is -0.119. The van der Waals surface area contributed by atoms with Crippen molar-refractivity contribution in [2.45, 2.75) is 37.9 Å². The van der Waals surface area contributed by atoms with Gasteiger partial charge >= 0.3 is 0 Å². The van der Waals surface area contributed by atoms with Crippen LogP contribution in [-0.2, 0) is 16.8 Å². The molecule has 2 aromatic heterocycles. The normalized spacial score (nSPS) is 16.2. The number of carbonyl (C=O) groups is 1. The van der Waals surface area contributed by atoms with Gasteiger partial charge in [-0.3, -0.25) is 24.0 Å². The van der Waals surface area contributed by atoms with Gasteiger partial charge in [-0.25, -0.2) is 9.67 Å². The summed E-state index contributed by atoms with van der Waals surface area (Å²) in [6, 6.07) is 12.0. The lowest BCUT2D eigenvalue weighted by Gasteiger charge is -2.26. The summed E-state index contributed by atoms with van der Waals surface area (Å²) in [7, 11) is 0. The number of fused-ring (bicyclic) bond motifs is 1. The van der Waals surface area contributed by atoms with Gasteiger partial charge in [-0.15, -0.1) is 0 Å². The predicted molar refractivity (Wildman–Crippen MR) is 116 cm³/mol. The van der Waals surface area contributed by atoms with Crippen LogP contribution in [0, 0.1) is 5.92 Å². The minimum absolute atomic E-state index is 0.154. The Labute approximate surface area is 177 Å². The van der Waals surface area contributed by atoms with E-state index in [0.717, 1.165) is 5.69 Å². The topological polar surface area (TPSA) is 102 Å². The third-order valence-electron chi connectivity index (χ3n) is 4.92. The Morgan fingerprint density at radius 1 is 1.17 bits per heavy atom. The van der Waals surface area contributed by atoms with Crippen molar-refractivity contribution in [2.75, 3.05) is 11.1 Å². The third kappa shape index (κ3) is 3.97. The summed E-state index contributed by atoms with van der Waals surface area (Å²) >= 11 is 1.40. The van der Waals surface area contributed by atoms with Gasteiger partial charge in [-0.05, 0) is 12.1 Å². The third-order valence-corrected chi connectivity index (χ3v) is 6.06. The van der Waals surface area contributed by atoms with Gasteiger partial charge in [-0.1, -0.05) is 50.7 Å². The highest BCUT2D eigenvalue weighted by Gasteiger charge is 2.29. The number of aromatic nitrogens is 4. The molecule has 8 nitrogen and oxygen atoms in total. The predicted octanol–water partition coefficient (Wildman–Crippen LogP) is 2.38. The Balaban J connectivity index is 1.52. The second-order valence-electron chi connectivity index (χ2n) is 8.30. The first-order chi connectivity index (χ1) is 14.2. The first-order valence-corrected chi connectivity index (χ1v) is 10.6. The van der Waals surface area contributed by atoms with E-state index in [4.69, 9.17) is 0 Å². The molecule has 0 radical (unpaired) electrons. The van der Waals surface area contributed by atoms with Crippen molar-refractivity contribution in [3.8, 4) is 5.69 Å².